The van der Waals surface area contributed by atoms with Gasteiger partial charge in [-0.25, -0.2) is 4.98 Å². The van der Waals surface area contributed by atoms with Gasteiger partial charge in [-0.1, -0.05) is 24.0 Å². The zero-order valence-corrected chi connectivity index (χ0v) is 11.4. The molecule has 0 atom stereocenters. The Kier molecular flexibility index (Phi) is 3.25. The van der Waals surface area contributed by atoms with Crippen LogP contribution in [0.3, 0.4) is 0 Å². The molecule has 0 amide bonds. The summed E-state index contributed by atoms with van der Waals surface area (Å²) in [6.07, 6.45) is 3.68. The Hall–Kier alpha value is -2.01. The van der Waals surface area contributed by atoms with E-state index in [1.165, 1.54) is 0 Å². The predicted octanol–water partition coefficient (Wildman–Crippen LogP) is 3.48. The van der Waals surface area contributed by atoms with Gasteiger partial charge >= 0.3 is 0 Å². The standard InChI is InChI=1S/C16H18N2/c1-16(2,3)10-9-13-5-7-14(8-6-13)15-11-17-12-18(15)4/h5-8,11-12H,1-4H3. The minimum Gasteiger partial charge on any atom is -0.334 e. The first-order valence-electron chi connectivity index (χ1n) is 6.06. The molecule has 2 rings (SSSR count). The molecule has 0 aliphatic carbocycles. The molecule has 0 saturated carbocycles. The van der Waals surface area contributed by atoms with Gasteiger partial charge in [-0.3, -0.25) is 0 Å². The van der Waals surface area contributed by atoms with Gasteiger partial charge in [0.2, 0.25) is 0 Å². The molecule has 0 saturated heterocycles. The normalized spacial score (nSPS) is 10.9. The average Bonchev–Trinajstić information content (AvgIpc) is 2.73. The summed E-state index contributed by atoms with van der Waals surface area (Å²) in [4.78, 5) is 4.12. The molecular formula is C16H18N2. The number of aromatic nitrogens is 2. The van der Waals surface area contributed by atoms with Gasteiger partial charge in [-0.15, -0.1) is 0 Å². The zero-order valence-electron chi connectivity index (χ0n) is 11.4. The highest BCUT2D eigenvalue weighted by atomic mass is 15.0. The molecule has 0 N–H and O–H groups in total. The minimum absolute atomic E-state index is 0.0424. The van der Waals surface area contributed by atoms with E-state index in [9.17, 15) is 0 Å². The number of nitrogens with zero attached hydrogens (tertiary/aromatic N) is 2. The topological polar surface area (TPSA) is 17.8 Å². The van der Waals surface area contributed by atoms with E-state index in [1.807, 2.05) is 24.1 Å². The summed E-state index contributed by atoms with van der Waals surface area (Å²) in [6, 6.07) is 8.29. The molecule has 1 heterocycles. The van der Waals surface area contributed by atoms with Crippen molar-refractivity contribution >= 4 is 0 Å². The van der Waals surface area contributed by atoms with Gasteiger partial charge in [0.15, 0.2) is 0 Å². The van der Waals surface area contributed by atoms with Crippen molar-refractivity contribution < 1.29 is 0 Å². The average molecular weight is 238 g/mol. The van der Waals surface area contributed by atoms with E-state index >= 15 is 0 Å². The van der Waals surface area contributed by atoms with Crippen molar-refractivity contribution in [1.82, 2.24) is 9.55 Å². The maximum absolute atomic E-state index is 4.12. The summed E-state index contributed by atoms with van der Waals surface area (Å²) in [6.45, 7) is 6.35. The number of imidazole rings is 1. The first kappa shape index (κ1) is 12.4. The fourth-order valence-electron chi connectivity index (χ4n) is 1.62. The molecular weight excluding hydrogens is 220 g/mol. The monoisotopic (exact) mass is 238 g/mol. The van der Waals surface area contributed by atoms with Crippen molar-refractivity contribution in [1.29, 1.82) is 0 Å². The number of hydrogen-bond acceptors (Lipinski definition) is 1. The van der Waals surface area contributed by atoms with Crippen LogP contribution in [0.4, 0.5) is 0 Å². The van der Waals surface area contributed by atoms with Crippen molar-refractivity contribution in [2.45, 2.75) is 20.8 Å². The van der Waals surface area contributed by atoms with E-state index in [-0.39, 0.29) is 5.41 Å². The first-order valence-corrected chi connectivity index (χ1v) is 6.06. The van der Waals surface area contributed by atoms with Crippen molar-refractivity contribution in [3.63, 3.8) is 0 Å². The molecule has 0 aliphatic heterocycles. The van der Waals surface area contributed by atoms with Crippen molar-refractivity contribution in [3.8, 4) is 23.1 Å². The van der Waals surface area contributed by atoms with Crippen LogP contribution < -0.4 is 0 Å². The Morgan fingerprint density at radius 2 is 1.78 bits per heavy atom. The maximum atomic E-state index is 4.12. The Labute approximate surface area is 109 Å². The van der Waals surface area contributed by atoms with Crippen LogP contribution in [0.15, 0.2) is 36.8 Å². The number of hydrogen-bond donors (Lipinski definition) is 0. The molecule has 0 bridgehead atoms. The van der Waals surface area contributed by atoms with Gasteiger partial charge in [0, 0.05) is 18.0 Å². The number of aryl methyl sites for hydroxylation is 1. The summed E-state index contributed by atoms with van der Waals surface area (Å²) < 4.78 is 2.01. The fraction of sp³-hybridized carbons (Fsp3) is 0.312. The minimum atomic E-state index is 0.0424. The lowest BCUT2D eigenvalue weighted by Crippen LogP contribution is -1.99. The highest BCUT2D eigenvalue weighted by molar-refractivity contribution is 5.60. The number of rotatable bonds is 1. The first-order chi connectivity index (χ1) is 8.46. The maximum Gasteiger partial charge on any atom is 0.0948 e. The van der Waals surface area contributed by atoms with Crippen LogP contribution in [0.25, 0.3) is 11.3 Å². The summed E-state index contributed by atoms with van der Waals surface area (Å²) in [5.74, 6) is 6.44. The van der Waals surface area contributed by atoms with Gasteiger partial charge in [0.1, 0.15) is 0 Å². The molecule has 2 aromatic rings. The largest absolute Gasteiger partial charge is 0.334 e. The van der Waals surface area contributed by atoms with Crippen molar-refractivity contribution in [3.05, 3.63) is 42.4 Å². The molecule has 2 heteroatoms. The lowest BCUT2D eigenvalue weighted by Gasteiger charge is -2.07. The predicted molar refractivity (Wildman–Crippen MR) is 75.0 cm³/mol. The van der Waals surface area contributed by atoms with Gasteiger partial charge in [-0.05, 0) is 38.5 Å². The molecule has 1 aromatic heterocycles. The van der Waals surface area contributed by atoms with Crippen LogP contribution in [-0.2, 0) is 7.05 Å². The quantitative estimate of drug-likeness (QED) is 0.695. The smallest absolute Gasteiger partial charge is 0.0948 e. The molecule has 0 aliphatic rings. The van der Waals surface area contributed by atoms with Crippen LogP contribution in [-0.4, -0.2) is 9.55 Å². The van der Waals surface area contributed by atoms with Crippen LogP contribution in [0.1, 0.15) is 26.3 Å². The highest BCUT2D eigenvalue weighted by Crippen LogP contribution is 2.18. The van der Waals surface area contributed by atoms with E-state index < -0.39 is 0 Å². The SMILES string of the molecule is Cn1cncc1-c1ccc(C#CC(C)(C)C)cc1. The van der Waals surface area contributed by atoms with Gasteiger partial charge in [0.05, 0.1) is 18.2 Å². The van der Waals surface area contributed by atoms with Crippen LogP contribution >= 0.6 is 0 Å². The van der Waals surface area contributed by atoms with Crippen molar-refractivity contribution in [2.75, 3.05) is 0 Å². The summed E-state index contributed by atoms with van der Waals surface area (Å²) in [5.41, 5.74) is 3.37. The van der Waals surface area contributed by atoms with E-state index in [0.29, 0.717) is 0 Å². The zero-order chi connectivity index (χ0) is 13.2. The molecule has 2 nitrogen and oxygen atoms in total. The summed E-state index contributed by atoms with van der Waals surface area (Å²) in [5, 5.41) is 0. The Morgan fingerprint density at radius 1 is 1.11 bits per heavy atom. The third kappa shape index (κ3) is 3.01. The third-order valence-electron chi connectivity index (χ3n) is 2.58. The van der Waals surface area contributed by atoms with Gasteiger partial charge in [0.25, 0.3) is 0 Å². The molecule has 18 heavy (non-hydrogen) atoms. The van der Waals surface area contributed by atoms with E-state index in [1.54, 1.807) is 0 Å². The Bertz CT molecular complexity index is 587. The van der Waals surface area contributed by atoms with Gasteiger partial charge in [-0.2, -0.15) is 0 Å². The van der Waals surface area contributed by atoms with E-state index in [0.717, 1.165) is 16.8 Å². The van der Waals surface area contributed by atoms with Crippen LogP contribution in [0.5, 0.6) is 0 Å². The second-order valence-electron chi connectivity index (χ2n) is 5.47. The third-order valence-corrected chi connectivity index (χ3v) is 2.58. The molecule has 0 spiro atoms. The Balaban J connectivity index is 2.26. The molecule has 92 valence electrons. The lowest BCUT2D eigenvalue weighted by molar-refractivity contribution is 0.571. The fourth-order valence-corrected chi connectivity index (χ4v) is 1.62. The van der Waals surface area contributed by atoms with Crippen LogP contribution in [0, 0.1) is 17.3 Å². The highest BCUT2D eigenvalue weighted by Gasteiger charge is 2.04. The Morgan fingerprint density at radius 3 is 2.28 bits per heavy atom. The van der Waals surface area contributed by atoms with Crippen LogP contribution in [0.2, 0.25) is 0 Å². The molecule has 0 fully saturated rings. The number of benzene rings is 1. The molecule has 1 aromatic carbocycles. The molecule has 0 unspecified atom stereocenters. The lowest BCUT2D eigenvalue weighted by atomic mass is 9.97. The second kappa shape index (κ2) is 4.70. The van der Waals surface area contributed by atoms with Crippen molar-refractivity contribution in [2.24, 2.45) is 12.5 Å². The second-order valence-corrected chi connectivity index (χ2v) is 5.47. The summed E-state index contributed by atoms with van der Waals surface area (Å²) in [7, 11) is 2.00. The van der Waals surface area contributed by atoms with E-state index in [4.69, 9.17) is 0 Å². The van der Waals surface area contributed by atoms with E-state index in [2.05, 4.69) is 61.9 Å². The van der Waals surface area contributed by atoms with Gasteiger partial charge < -0.3 is 4.57 Å². The summed E-state index contributed by atoms with van der Waals surface area (Å²) >= 11 is 0. The molecule has 0 radical (unpaired) electrons.